The van der Waals surface area contributed by atoms with Gasteiger partial charge < -0.3 is 19.4 Å². The minimum Gasteiger partial charge on any atom is -0.507 e. The lowest BCUT2D eigenvalue weighted by molar-refractivity contribution is -0.140. The SMILES string of the molecule is COC(=O)CC(c1ccc(F)cc1Cl)c1c(O)cc(C)n(CCc2cnc[nH]2)c1=O. The first-order chi connectivity index (χ1) is 14.3. The van der Waals surface area contributed by atoms with Gasteiger partial charge in [-0.25, -0.2) is 9.37 Å². The average Bonchev–Trinajstić information content (AvgIpc) is 3.20. The number of nitrogens with zero attached hydrogens (tertiary/aromatic N) is 2. The summed E-state index contributed by atoms with van der Waals surface area (Å²) in [5.74, 6) is -2.31. The first kappa shape index (κ1) is 21.6. The van der Waals surface area contributed by atoms with E-state index in [-0.39, 0.29) is 22.8 Å². The number of methoxy groups -OCH3 is 1. The first-order valence-corrected chi connectivity index (χ1v) is 9.62. The van der Waals surface area contributed by atoms with E-state index < -0.39 is 23.3 Å². The third kappa shape index (κ3) is 4.54. The van der Waals surface area contributed by atoms with Crippen molar-refractivity contribution in [1.29, 1.82) is 0 Å². The van der Waals surface area contributed by atoms with Crippen LogP contribution < -0.4 is 5.56 Å². The number of rotatable bonds is 7. The molecule has 158 valence electrons. The number of aryl methyl sites for hydroxylation is 2. The molecule has 0 spiro atoms. The third-order valence-corrected chi connectivity index (χ3v) is 5.29. The van der Waals surface area contributed by atoms with Gasteiger partial charge in [0.15, 0.2) is 0 Å². The van der Waals surface area contributed by atoms with Gasteiger partial charge in [0, 0.05) is 41.5 Å². The van der Waals surface area contributed by atoms with Crippen molar-refractivity contribution in [1.82, 2.24) is 14.5 Å². The minimum atomic E-state index is -0.906. The van der Waals surface area contributed by atoms with Crippen LogP contribution in [0, 0.1) is 12.7 Å². The van der Waals surface area contributed by atoms with Crippen LogP contribution in [-0.4, -0.2) is 32.7 Å². The Morgan fingerprint density at radius 2 is 2.17 bits per heavy atom. The molecule has 1 aromatic carbocycles. The number of carbonyl (C=O) groups excluding carboxylic acids is 1. The van der Waals surface area contributed by atoms with Crippen molar-refractivity contribution in [3.63, 3.8) is 0 Å². The molecule has 0 amide bonds. The molecular formula is C21H21ClFN3O4. The maximum Gasteiger partial charge on any atom is 0.306 e. The van der Waals surface area contributed by atoms with Crippen molar-refractivity contribution in [3.05, 3.63) is 80.5 Å². The van der Waals surface area contributed by atoms with Crippen LogP contribution in [0.15, 0.2) is 41.6 Å². The Bertz CT molecular complexity index is 1110. The molecule has 0 aliphatic rings. The number of carbonyl (C=O) groups is 1. The number of imidazole rings is 1. The van der Waals surface area contributed by atoms with Gasteiger partial charge in [-0.05, 0) is 30.7 Å². The number of aromatic amines is 1. The molecule has 7 nitrogen and oxygen atoms in total. The van der Waals surface area contributed by atoms with Crippen molar-refractivity contribution < 1.29 is 19.0 Å². The van der Waals surface area contributed by atoms with Crippen LogP contribution in [0.3, 0.4) is 0 Å². The number of aromatic hydroxyl groups is 1. The Morgan fingerprint density at radius 3 is 2.80 bits per heavy atom. The lowest BCUT2D eigenvalue weighted by Crippen LogP contribution is -2.29. The molecule has 1 atom stereocenters. The molecule has 0 aliphatic heterocycles. The number of ether oxygens (including phenoxy) is 1. The molecule has 3 aromatic rings. The second-order valence-electron chi connectivity index (χ2n) is 6.87. The minimum absolute atomic E-state index is 0.00381. The number of benzene rings is 1. The van der Waals surface area contributed by atoms with Gasteiger partial charge in [0.2, 0.25) is 0 Å². The van der Waals surface area contributed by atoms with Crippen LogP contribution in [-0.2, 0) is 22.5 Å². The standard InChI is InChI=1S/C21H21ClFN3O4/c1-12-7-18(27)20(21(29)26(12)6-5-14-10-24-11-25-14)16(9-19(28)30-2)15-4-3-13(23)8-17(15)22/h3-4,7-8,10-11,16,27H,5-6,9H2,1-2H3,(H,24,25). The lowest BCUT2D eigenvalue weighted by Gasteiger charge is -2.21. The number of hydrogen-bond acceptors (Lipinski definition) is 5. The van der Waals surface area contributed by atoms with Gasteiger partial charge in [0.05, 0.1) is 25.4 Å². The fourth-order valence-corrected chi connectivity index (χ4v) is 3.73. The zero-order valence-electron chi connectivity index (χ0n) is 16.5. The van der Waals surface area contributed by atoms with Crippen molar-refractivity contribution >= 4 is 17.6 Å². The van der Waals surface area contributed by atoms with E-state index in [1.54, 1.807) is 19.4 Å². The first-order valence-electron chi connectivity index (χ1n) is 9.24. The molecule has 0 radical (unpaired) electrons. The van der Waals surface area contributed by atoms with E-state index in [2.05, 4.69) is 9.97 Å². The fourth-order valence-electron chi connectivity index (χ4n) is 3.43. The predicted molar refractivity (Wildman–Crippen MR) is 109 cm³/mol. The van der Waals surface area contributed by atoms with Crippen LogP contribution in [0.4, 0.5) is 4.39 Å². The number of nitrogens with one attached hydrogen (secondary N) is 1. The maximum atomic E-state index is 13.6. The van der Waals surface area contributed by atoms with E-state index in [1.165, 1.54) is 29.9 Å². The number of pyridine rings is 1. The fraction of sp³-hybridized carbons (Fsp3) is 0.286. The summed E-state index contributed by atoms with van der Waals surface area (Å²) in [6.07, 6.45) is 3.49. The van der Waals surface area contributed by atoms with E-state index >= 15 is 0 Å². The quantitative estimate of drug-likeness (QED) is 0.557. The van der Waals surface area contributed by atoms with Crippen LogP contribution in [0.1, 0.15) is 34.9 Å². The zero-order chi connectivity index (χ0) is 21.8. The van der Waals surface area contributed by atoms with E-state index in [4.69, 9.17) is 16.3 Å². The van der Waals surface area contributed by atoms with Crippen LogP contribution in [0.5, 0.6) is 5.75 Å². The molecule has 1 unspecified atom stereocenters. The third-order valence-electron chi connectivity index (χ3n) is 4.97. The van der Waals surface area contributed by atoms with Crippen LogP contribution in [0.25, 0.3) is 0 Å². The van der Waals surface area contributed by atoms with Gasteiger partial charge in [0.25, 0.3) is 5.56 Å². The molecule has 0 saturated heterocycles. The van der Waals surface area contributed by atoms with Gasteiger partial charge in [-0.1, -0.05) is 17.7 Å². The second-order valence-corrected chi connectivity index (χ2v) is 7.27. The Balaban J connectivity index is 2.11. The van der Waals surface area contributed by atoms with Crippen LogP contribution >= 0.6 is 11.6 Å². The molecule has 2 aromatic heterocycles. The maximum absolute atomic E-state index is 13.6. The molecule has 2 N–H and O–H groups in total. The average molecular weight is 434 g/mol. The number of esters is 1. The molecule has 0 bridgehead atoms. The monoisotopic (exact) mass is 433 g/mol. The van der Waals surface area contributed by atoms with Gasteiger partial charge >= 0.3 is 5.97 Å². The van der Waals surface area contributed by atoms with Gasteiger partial charge in [0.1, 0.15) is 11.6 Å². The molecule has 9 heteroatoms. The van der Waals surface area contributed by atoms with E-state index in [0.29, 0.717) is 24.2 Å². The number of halogens is 2. The van der Waals surface area contributed by atoms with Crippen molar-refractivity contribution in [2.75, 3.05) is 7.11 Å². The summed E-state index contributed by atoms with van der Waals surface area (Å²) in [4.78, 5) is 32.3. The normalized spacial score (nSPS) is 12.0. The van der Waals surface area contributed by atoms with E-state index in [0.717, 1.165) is 11.8 Å². The highest BCUT2D eigenvalue weighted by Gasteiger charge is 2.28. The predicted octanol–water partition coefficient (Wildman–Crippen LogP) is 3.32. The highest BCUT2D eigenvalue weighted by atomic mass is 35.5. The van der Waals surface area contributed by atoms with Gasteiger partial charge in [-0.15, -0.1) is 0 Å². The number of hydrogen-bond donors (Lipinski definition) is 2. The Hall–Kier alpha value is -3.13. The Kier molecular flexibility index (Phi) is 6.56. The van der Waals surface area contributed by atoms with Gasteiger partial charge in [-0.2, -0.15) is 0 Å². The molecule has 0 fully saturated rings. The molecule has 30 heavy (non-hydrogen) atoms. The summed E-state index contributed by atoms with van der Waals surface area (Å²) in [6.45, 7) is 2.04. The highest BCUT2D eigenvalue weighted by Crippen LogP contribution is 2.36. The highest BCUT2D eigenvalue weighted by molar-refractivity contribution is 6.31. The van der Waals surface area contributed by atoms with Crippen molar-refractivity contribution in [2.24, 2.45) is 0 Å². The smallest absolute Gasteiger partial charge is 0.306 e. The molecule has 2 heterocycles. The van der Waals surface area contributed by atoms with Crippen molar-refractivity contribution in [3.8, 4) is 5.75 Å². The molecule has 0 saturated carbocycles. The van der Waals surface area contributed by atoms with Crippen molar-refractivity contribution in [2.45, 2.75) is 32.2 Å². The molecule has 3 rings (SSSR count). The number of aromatic nitrogens is 3. The lowest BCUT2D eigenvalue weighted by atomic mass is 9.88. The van der Waals surface area contributed by atoms with Gasteiger partial charge in [-0.3, -0.25) is 9.59 Å². The molecular weight excluding hydrogens is 413 g/mol. The molecule has 0 aliphatic carbocycles. The van der Waals surface area contributed by atoms with E-state index in [1.807, 2.05) is 0 Å². The zero-order valence-corrected chi connectivity index (χ0v) is 17.2. The Labute approximate surface area is 177 Å². The largest absolute Gasteiger partial charge is 0.507 e. The summed E-state index contributed by atoms with van der Waals surface area (Å²) in [7, 11) is 1.23. The second kappa shape index (κ2) is 9.13. The Morgan fingerprint density at radius 1 is 1.40 bits per heavy atom. The summed E-state index contributed by atoms with van der Waals surface area (Å²) < 4.78 is 19.8. The summed E-state index contributed by atoms with van der Waals surface area (Å²) in [5, 5.41) is 10.7. The number of H-pyrrole nitrogens is 1. The van der Waals surface area contributed by atoms with Crippen LogP contribution in [0.2, 0.25) is 5.02 Å². The van der Waals surface area contributed by atoms with E-state index in [9.17, 15) is 19.1 Å². The topological polar surface area (TPSA) is 97.2 Å². The summed E-state index contributed by atoms with van der Waals surface area (Å²) in [6, 6.07) is 5.15. The summed E-state index contributed by atoms with van der Waals surface area (Å²) in [5.41, 5.74) is 1.30. The summed E-state index contributed by atoms with van der Waals surface area (Å²) >= 11 is 6.21.